The Kier molecular flexibility index (Phi) is 5.77. The van der Waals surface area contributed by atoms with Crippen LogP contribution in [0.1, 0.15) is 41.4 Å². The molecular formula is C25H24F3N7O. The molecule has 11 heteroatoms. The summed E-state index contributed by atoms with van der Waals surface area (Å²) in [7, 11) is 0. The molecule has 2 N–H and O–H groups in total. The lowest BCUT2D eigenvalue weighted by atomic mass is 10.0. The van der Waals surface area contributed by atoms with Crippen molar-refractivity contribution in [3.63, 3.8) is 0 Å². The summed E-state index contributed by atoms with van der Waals surface area (Å²) in [6.07, 6.45) is -1.54. The van der Waals surface area contributed by atoms with Crippen LogP contribution >= 0.6 is 0 Å². The number of hydrogen-bond acceptors (Lipinski definition) is 5. The number of nitrogens with one attached hydrogen (secondary N) is 2. The number of aryl methyl sites for hydroxylation is 2. The summed E-state index contributed by atoms with van der Waals surface area (Å²) in [5, 5.41) is 14.7. The van der Waals surface area contributed by atoms with Crippen molar-refractivity contribution in [1.82, 2.24) is 29.9 Å². The van der Waals surface area contributed by atoms with E-state index in [4.69, 9.17) is 0 Å². The first-order valence-electron chi connectivity index (χ1n) is 11.5. The predicted molar refractivity (Wildman–Crippen MR) is 129 cm³/mol. The maximum absolute atomic E-state index is 12.6. The summed E-state index contributed by atoms with van der Waals surface area (Å²) in [4.78, 5) is 16.8. The van der Waals surface area contributed by atoms with E-state index in [2.05, 4.69) is 25.8 Å². The van der Waals surface area contributed by atoms with Gasteiger partial charge in [-0.1, -0.05) is 24.3 Å². The Morgan fingerprint density at radius 3 is 2.53 bits per heavy atom. The number of alkyl halides is 3. The fraction of sp³-hybridized carbons (Fsp3) is 0.280. The molecular weight excluding hydrogens is 471 g/mol. The van der Waals surface area contributed by atoms with Crippen LogP contribution < -0.4 is 10.6 Å². The van der Waals surface area contributed by atoms with E-state index in [1.165, 1.54) is 12.4 Å². The van der Waals surface area contributed by atoms with Crippen LogP contribution in [0.15, 0.2) is 48.8 Å². The van der Waals surface area contributed by atoms with Crippen molar-refractivity contribution in [2.45, 2.75) is 46.1 Å². The average Bonchev–Trinajstić information content (AvgIpc) is 3.52. The molecule has 0 aliphatic carbocycles. The smallest absolute Gasteiger partial charge is 0.345 e. The normalized spacial score (nSPS) is 15.2. The molecule has 2 aromatic carbocycles. The van der Waals surface area contributed by atoms with Crippen molar-refractivity contribution in [1.29, 1.82) is 0 Å². The summed E-state index contributed by atoms with van der Waals surface area (Å²) in [6, 6.07) is 11.0. The molecule has 1 amide bonds. The first-order chi connectivity index (χ1) is 17.1. The fourth-order valence-corrected chi connectivity index (χ4v) is 4.26. The van der Waals surface area contributed by atoms with E-state index < -0.39 is 12.7 Å². The van der Waals surface area contributed by atoms with Crippen LogP contribution in [0.2, 0.25) is 0 Å². The van der Waals surface area contributed by atoms with Gasteiger partial charge in [0.25, 0.3) is 5.91 Å². The largest absolute Gasteiger partial charge is 0.408 e. The Morgan fingerprint density at radius 2 is 1.83 bits per heavy atom. The molecule has 1 atom stereocenters. The number of carbonyl (C=O) groups is 1. The monoisotopic (exact) mass is 495 g/mol. The number of benzene rings is 2. The third kappa shape index (κ3) is 4.56. The first kappa shape index (κ1) is 23.6. The second kappa shape index (κ2) is 8.81. The molecule has 0 saturated carbocycles. The molecule has 8 nitrogen and oxygen atoms in total. The second-order valence-electron chi connectivity index (χ2n) is 8.77. The van der Waals surface area contributed by atoms with E-state index in [-0.39, 0.29) is 11.9 Å². The van der Waals surface area contributed by atoms with Crippen molar-refractivity contribution in [3.8, 4) is 22.5 Å². The molecule has 0 radical (unpaired) electrons. The number of fused-ring (bicyclic) bond motifs is 1. The molecule has 0 spiro atoms. The van der Waals surface area contributed by atoms with Gasteiger partial charge in [0.15, 0.2) is 5.82 Å². The van der Waals surface area contributed by atoms with Crippen LogP contribution in [0.5, 0.6) is 0 Å². The number of amides is 1. The number of hydrogen-bond donors (Lipinski definition) is 2. The van der Waals surface area contributed by atoms with E-state index in [0.29, 0.717) is 29.4 Å². The number of nitrogens with zero attached hydrogens (tertiary/aromatic N) is 5. The number of carbonyl (C=O) groups excluding carboxylic acids is 1. The van der Waals surface area contributed by atoms with Gasteiger partial charge < -0.3 is 10.6 Å². The molecule has 186 valence electrons. The summed E-state index contributed by atoms with van der Waals surface area (Å²) in [5.74, 6) is 1.02. The van der Waals surface area contributed by atoms with Gasteiger partial charge in [-0.15, -0.1) is 5.10 Å². The maximum atomic E-state index is 12.6. The first-order valence-corrected chi connectivity index (χ1v) is 11.5. The highest BCUT2D eigenvalue weighted by atomic mass is 19.4. The van der Waals surface area contributed by atoms with E-state index in [0.717, 1.165) is 32.6 Å². The third-order valence-electron chi connectivity index (χ3n) is 6.12. The molecule has 2 aromatic heterocycles. The number of anilines is 2. The summed E-state index contributed by atoms with van der Waals surface area (Å²) < 4.78 is 40.5. The molecule has 4 aromatic rings. The third-order valence-corrected chi connectivity index (χ3v) is 6.12. The van der Waals surface area contributed by atoms with Gasteiger partial charge in [0, 0.05) is 35.1 Å². The van der Waals surface area contributed by atoms with Gasteiger partial charge in [-0.25, -0.2) is 4.68 Å². The van der Waals surface area contributed by atoms with Crippen LogP contribution in [0.4, 0.5) is 24.8 Å². The van der Waals surface area contributed by atoms with Gasteiger partial charge in [-0.2, -0.15) is 23.3 Å². The Morgan fingerprint density at radius 1 is 1.11 bits per heavy atom. The molecule has 36 heavy (non-hydrogen) atoms. The van der Waals surface area contributed by atoms with Gasteiger partial charge in [0.1, 0.15) is 6.54 Å². The molecule has 0 unspecified atom stereocenters. The minimum Gasteiger partial charge on any atom is -0.345 e. The molecule has 0 saturated heterocycles. The Labute approximate surface area is 205 Å². The zero-order chi connectivity index (χ0) is 25.6. The average molecular weight is 496 g/mol. The van der Waals surface area contributed by atoms with Gasteiger partial charge in [0.2, 0.25) is 5.95 Å². The maximum Gasteiger partial charge on any atom is 0.408 e. The van der Waals surface area contributed by atoms with Crippen LogP contribution in [-0.4, -0.2) is 36.6 Å². The van der Waals surface area contributed by atoms with Gasteiger partial charge in [-0.3, -0.25) is 9.48 Å². The SMILES string of the molecule is CCn1nc(-c2ccc(-c3cnn(CC(F)(F)F)c3)cc2)nc1Nc1cc2c(cc1C)C(=O)N[C@H]2C. The molecule has 5 rings (SSSR count). The molecule has 0 fully saturated rings. The predicted octanol–water partition coefficient (Wildman–Crippen LogP) is 5.25. The van der Waals surface area contributed by atoms with Crippen LogP contribution in [0.25, 0.3) is 22.5 Å². The Balaban J connectivity index is 1.38. The number of aromatic nitrogens is 5. The molecule has 3 heterocycles. The molecule has 0 bridgehead atoms. The lowest BCUT2D eigenvalue weighted by molar-refractivity contribution is -0.142. The summed E-state index contributed by atoms with van der Waals surface area (Å²) >= 11 is 0. The Hall–Kier alpha value is -4.15. The highest BCUT2D eigenvalue weighted by Gasteiger charge is 2.28. The number of halogens is 3. The van der Waals surface area contributed by atoms with Crippen molar-refractivity contribution < 1.29 is 18.0 Å². The fourth-order valence-electron chi connectivity index (χ4n) is 4.26. The number of rotatable bonds is 6. The van der Waals surface area contributed by atoms with Crippen molar-refractivity contribution in [2.75, 3.05) is 5.32 Å². The van der Waals surface area contributed by atoms with E-state index in [1.807, 2.05) is 45.0 Å². The standard InChI is InChI=1S/C25H24F3N7O/c1-4-35-24(31-21-10-19-15(3)30-23(36)20(19)9-14(21)2)32-22(33-35)17-7-5-16(6-8-17)18-11-29-34(12-18)13-25(26,27)28/h5-12,15H,4,13H2,1-3H3,(H,30,36)(H,31,32,33)/t15-/m0/s1. The van der Waals surface area contributed by atoms with Gasteiger partial charge in [-0.05, 0) is 49.6 Å². The van der Waals surface area contributed by atoms with Gasteiger partial charge in [0.05, 0.1) is 12.2 Å². The lowest BCUT2D eigenvalue weighted by Gasteiger charge is -2.12. The van der Waals surface area contributed by atoms with Crippen molar-refractivity contribution in [2.24, 2.45) is 0 Å². The topological polar surface area (TPSA) is 89.7 Å². The summed E-state index contributed by atoms with van der Waals surface area (Å²) in [6.45, 7) is 5.30. The van der Waals surface area contributed by atoms with Crippen molar-refractivity contribution in [3.05, 3.63) is 65.5 Å². The minimum absolute atomic E-state index is 0.0626. The van der Waals surface area contributed by atoms with Crippen LogP contribution in [-0.2, 0) is 13.1 Å². The zero-order valence-corrected chi connectivity index (χ0v) is 19.9. The highest BCUT2D eigenvalue weighted by Crippen LogP contribution is 2.32. The van der Waals surface area contributed by atoms with Crippen LogP contribution in [0, 0.1) is 6.92 Å². The van der Waals surface area contributed by atoms with E-state index in [9.17, 15) is 18.0 Å². The van der Waals surface area contributed by atoms with Crippen molar-refractivity contribution >= 4 is 17.5 Å². The lowest BCUT2D eigenvalue weighted by Crippen LogP contribution is -2.17. The Bertz CT molecular complexity index is 1440. The van der Waals surface area contributed by atoms with Crippen LogP contribution in [0.3, 0.4) is 0 Å². The quantitative estimate of drug-likeness (QED) is 0.382. The zero-order valence-electron chi connectivity index (χ0n) is 19.9. The summed E-state index contributed by atoms with van der Waals surface area (Å²) in [5.41, 5.74) is 5.49. The molecule has 1 aliphatic rings. The van der Waals surface area contributed by atoms with E-state index >= 15 is 0 Å². The van der Waals surface area contributed by atoms with E-state index in [1.54, 1.807) is 16.8 Å². The second-order valence-corrected chi connectivity index (χ2v) is 8.77. The molecule has 1 aliphatic heterocycles. The minimum atomic E-state index is -4.33. The van der Waals surface area contributed by atoms with Gasteiger partial charge >= 0.3 is 6.18 Å². The highest BCUT2D eigenvalue weighted by molar-refractivity contribution is 6.00.